The van der Waals surface area contributed by atoms with Crippen molar-refractivity contribution in [3.05, 3.63) is 58.0 Å². The minimum atomic E-state index is -0.815. The van der Waals surface area contributed by atoms with Crippen LogP contribution in [0.5, 0.6) is 0 Å². The van der Waals surface area contributed by atoms with Crippen LogP contribution in [0.1, 0.15) is 41.1 Å². The summed E-state index contributed by atoms with van der Waals surface area (Å²) in [5.74, 6) is -1.60. The Morgan fingerprint density at radius 1 is 1.15 bits per heavy atom. The molecule has 0 aliphatic carbocycles. The molecule has 1 aromatic carbocycles. The van der Waals surface area contributed by atoms with Gasteiger partial charge in [-0.3, -0.25) is 14.4 Å². The monoisotopic (exact) mass is 357 g/mol. The highest BCUT2D eigenvalue weighted by Gasteiger charge is 2.15. The first kappa shape index (κ1) is 19.0. The number of aryl methyl sites for hydroxylation is 1. The summed E-state index contributed by atoms with van der Waals surface area (Å²) in [6.45, 7) is 3.10. The molecule has 0 aliphatic rings. The van der Waals surface area contributed by atoms with Crippen molar-refractivity contribution in [2.75, 3.05) is 11.9 Å². The van der Waals surface area contributed by atoms with Crippen molar-refractivity contribution in [2.45, 2.75) is 26.8 Å². The number of esters is 1. The summed E-state index contributed by atoms with van der Waals surface area (Å²) >= 11 is 0. The van der Waals surface area contributed by atoms with E-state index in [1.807, 2.05) is 6.92 Å². The lowest BCUT2D eigenvalue weighted by atomic mass is 10.1. The number of hydrogen-bond donors (Lipinski definition) is 1. The Hall–Kier alpha value is -3.29. The van der Waals surface area contributed by atoms with E-state index in [2.05, 4.69) is 10.4 Å². The first-order chi connectivity index (χ1) is 12.4. The lowest BCUT2D eigenvalue weighted by Crippen LogP contribution is -2.26. The summed E-state index contributed by atoms with van der Waals surface area (Å²) in [6, 6.07) is 9.00. The number of carbonyl (C=O) groups excluding carboxylic acids is 3. The number of ketones is 1. The van der Waals surface area contributed by atoms with Gasteiger partial charge in [0.1, 0.15) is 0 Å². The van der Waals surface area contributed by atoms with Crippen LogP contribution in [0.25, 0.3) is 0 Å². The highest BCUT2D eigenvalue weighted by atomic mass is 16.5. The molecule has 26 heavy (non-hydrogen) atoms. The molecule has 0 saturated heterocycles. The fourth-order valence-electron chi connectivity index (χ4n) is 2.22. The molecule has 2 rings (SSSR count). The predicted octanol–water partition coefficient (Wildman–Crippen LogP) is 1.65. The Kier molecular flexibility index (Phi) is 6.37. The second kappa shape index (κ2) is 8.70. The number of anilines is 1. The van der Waals surface area contributed by atoms with Crippen LogP contribution >= 0.6 is 0 Å². The van der Waals surface area contributed by atoms with Crippen LogP contribution in [-0.4, -0.2) is 34.0 Å². The molecular formula is C18H19N3O5. The molecule has 1 heterocycles. The van der Waals surface area contributed by atoms with Crippen molar-refractivity contribution in [2.24, 2.45) is 0 Å². The first-order valence-corrected chi connectivity index (χ1v) is 8.07. The van der Waals surface area contributed by atoms with E-state index in [-0.39, 0.29) is 17.0 Å². The Labute approximate surface area is 149 Å². The lowest BCUT2D eigenvalue weighted by Gasteiger charge is -2.09. The molecular weight excluding hydrogens is 338 g/mol. The fourth-order valence-corrected chi connectivity index (χ4v) is 2.22. The number of aromatic nitrogens is 2. The topological polar surface area (TPSA) is 107 Å². The summed E-state index contributed by atoms with van der Waals surface area (Å²) in [5, 5.41) is 6.44. The van der Waals surface area contributed by atoms with Gasteiger partial charge in [-0.15, -0.1) is 0 Å². The quantitative estimate of drug-likeness (QED) is 0.596. The minimum Gasteiger partial charge on any atom is -0.451 e. The van der Waals surface area contributed by atoms with E-state index in [1.165, 1.54) is 23.7 Å². The van der Waals surface area contributed by atoms with Gasteiger partial charge in [0.2, 0.25) is 0 Å². The average molecular weight is 357 g/mol. The number of benzene rings is 1. The van der Waals surface area contributed by atoms with Crippen LogP contribution in [0, 0.1) is 0 Å². The predicted molar refractivity (Wildman–Crippen MR) is 94.1 cm³/mol. The zero-order valence-electron chi connectivity index (χ0n) is 14.5. The Balaban J connectivity index is 1.99. The number of hydrogen-bond acceptors (Lipinski definition) is 6. The zero-order chi connectivity index (χ0) is 19.1. The van der Waals surface area contributed by atoms with E-state index in [1.54, 1.807) is 24.3 Å². The van der Waals surface area contributed by atoms with Crippen molar-refractivity contribution >= 4 is 23.3 Å². The van der Waals surface area contributed by atoms with Gasteiger partial charge in [-0.2, -0.15) is 5.10 Å². The molecule has 2 aromatic rings. The Morgan fingerprint density at radius 3 is 2.58 bits per heavy atom. The van der Waals surface area contributed by atoms with Crippen LogP contribution in [0.15, 0.2) is 41.2 Å². The van der Waals surface area contributed by atoms with Gasteiger partial charge < -0.3 is 10.1 Å². The van der Waals surface area contributed by atoms with Gasteiger partial charge in [-0.25, -0.2) is 9.48 Å². The molecule has 0 saturated carbocycles. The SMILES string of the molecule is CCCn1nc(C(=O)OCC(=O)Nc2ccccc2C(C)=O)ccc1=O. The minimum absolute atomic E-state index is 0.0602. The Bertz CT molecular complexity index is 888. The number of nitrogens with one attached hydrogen (secondary N) is 1. The van der Waals surface area contributed by atoms with Crippen LogP contribution < -0.4 is 10.9 Å². The summed E-state index contributed by atoms with van der Waals surface area (Å²) in [5.41, 5.74) is 0.327. The highest BCUT2D eigenvalue weighted by molar-refractivity contribution is 6.04. The van der Waals surface area contributed by atoms with Crippen molar-refractivity contribution in [1.82, 2.24) is 9.78 Å². The third-order valence-electron chi connectivity index (χ3n) is 3.43. The standard InChI is InChI=1S/C18H19N3O5/c1-3-10-21-17(24)9-8-15(20-21)18(25)26-11-16(23)19-14-7-5-4-6-13(14)12(2)22/h4-9H,3,10-11H2,1-2H3,(H,19,23). The Morgan fingerprint density at radius 2 is 1.88 bits per heavy atom. The molecule has 0 bridgehead atoms. The number of para-hydroxylation sites is 1. The molecule has 8 nitrogen and oxygen atoms in total. The summed E-state index contributed by atoms with van der Waals surface area (Å²) in [7, 11) is 0. The van der Waals surface area contributed by atoms with Gasteiger partial charge in [-0.05, 0) is 31.5 Å². The number of rotatable bonds is 7. The zero-order valence-corrected chi connectivity index (χ0v) is 14.5. The third-order valence-corrected chi connectivity index (χ3v) is 3.43. The summed E-state index contributed by atoms with van der Waals surface area (Å²) in [4.78, 5) is 47.1. The molecule has 1 amide bonds. The van der Waals surface area contributed by atoms with Gasteiger partial charge in [0.15, 0.2) is 18.1 Å². The second-order valence-electron chi connectivity index (χ2n) is 5.51. The van der Waals surface area contributed by atoms with E-state index in [0.29, 0.717) is 24.2 Å². The molecule has 1 N–H and O–H groups in total. The van der Waals surface area contributed by atoms with Crippen molar-refractivity contribution in [3.8, 4) is 0 Å². The van der Waals surface area contributed by atoms with Crippen molar-refractivity contribution in [3.63, 3.8) is 0 Å². The van der Waals surface area contributed by atoms with Gasteiger partial charge in [-0.1, -0.05) is 19.1 Å². The van der Waals surface area contributed by atoms with E-state index in [4.69, 9.17) is 4.74 Å². The molecule has 0 atom stereocenters. The molecule has 0 fully saturated rings. The third kappa shape index (κ3) is 4.85. The number of nitrogens with zero attached hydrogens (tertiary/aromatic N) is 2. The molecule has 0 spiro atoms. The van der Waals surface area contributed by atoms with E-state index in [0.717, 1.165) is 0 Å². The molecule has 0 radical (unpaired) electrons. The maximum absolute atomic E-state index is 12.0. The van der Waals surface area contributed by atoms with Crippen molar-refractivity contribution < 1.29 is 19.1 Å². The van der Waals surface area contributed by atoms with Crippen LogP contribution in [-0.2, 0) is 16.1 Å². The second-order valence-corrected chi connectivity index (χ2v) is 5.51. The van der Waals surface area contributed by atoms with Gasteiger partial charge in [0.25, 0.3) is 11.5 Å². The number of Topliss-reactive ketones (excluding diaryl/α,β-unsaturated/α-hetero) is 1. The maximum atomic E-state index is 12.0. The number of amides is 1. The van der Waals surface area contributed by atoms with Gasteiger partial charge in [0.05, 0.1) is 5.69 Å². The fraction of sp³-hybridized carbons (Fsp3) is 0.278. The van der Waals surface area contributed by atoms with E-state index < -0.39 is 18.5 Å². The average Bonchev–Trinajstić information content (AvgIpc) is 2.62. The molecule has 1 aromatic heterocycles. The molecule has 0 aliphatic heterocycles. The molecule has 8 heteroatoms. The number of ether oxygens (including phenoxy) is 1. The maximum Gasteiger partial charge on any atom is 0.359 e. The summed E-state index contributed by atoms with van der Waals surface area (Å²) in [6.07, 6.45) is 0.684. The smallest absolute Gasteiger partial charge is 0.359 e. The van der Waals surface area contributed by atoms with E-state index in [9.17, 15) is 19.2 Å². The molecule has 0 unspecified atom stereocenters. The summed E-state index contributed by atoms with van der Waals surface area (Å²) < 4.78 is 6.09. The first-order valence-electron chi connectivity index (χ1n) is 8.07. The van der Waals surface area contributed by atoms with Crippen LogP contribution in [0.3, 0.4) is 0 Å². The molecule has 136 valence electrons. The van der Waals surface area contributed by atoms with E-state index >= 15 is 0 Å². The van der Waals surface area contributed by atoms with Crippen LogP contribution in [0.2, 0.25) is 0 Å². The van der Waals surface area contributed by atoms with Crippen molar-refractivity contribution in [1.29, 1.82) is 0 Å². The largest absolute Gasteiger partial charge is 0.451 e. The van der Waals surface area contributed by atoms with Crippen LogP contribution in [0.4, 0.5) is 5.69 Å². The lowest BCUT2D eigenvalue weighted by molar-refractivity contribution is -0.119. The normalized spacial score (nSPS) is 10.2. The van der Waals surface area contributed by atoms with Gasteiger partial charge in [0, 0.05) is 18.2 Å². The highest BCUT2D eigenvalue weighted by Crippen LogP contribution is 2.15. The number of carbonyl (C=O) groups is 3. The van der Waals surface area contributed by atoms with Gasteiger partial charge >= 0.3 is 5.97 Å².